The Morgan fingerprint density at radius 1 is 0.957 bits per heavy atom. The molecule has 0 saturated heterocycles. The number of rotatable bonds is 3. The molecule has 0 fully saturated rings. The maximum absolute atomic E-state index is 13.4. The lowest BCUT2D eigenvalue weighted by Gasteiger charge is -2.07. The van der Waals surface area contributed by atoms with Crippen molar-refractivity contribution in [2.24, 2.45) is 0 Å². The number of anilines is 1. The van der Waals surface area contributed by atoms with Gasteiger partial charge in [-0.15, -0.1) is 0 Å². The van der Waals surface area contributed by atoms with E-state index in [-0.39, 0.29) is 0 Å². The van der Waals surface area contributed by atoms with Crippen LogP contribution in [0.3, 0.4) is 0 Å². The molecule has 2 aromatic rings. The van der Waals surface area contributed by atoms with Crippen LogP contribution in [0.5, 0.6) is 0 Å². The summed E-state index contributed by atoms with van der Waals surface area (Å²) in [6.45, 7) is 0. The molecule has 1 N–H and O–H groups in total. The highest BCUT2D eigenvalue weighted by atomic mass is 35.7. The molecule has 0 aliphatic heterocycles. The van der Waals surface area contributed by atoms with Crippen molar-refractivity contribution in [3.8, 4) is 0 Å². The van der Waals surface area contributed by atoms with Crippen molar-refractivity contribution in [1.29, 1.82) is 0 Å². The van der Waals surface area contributed by atoms with E-state index in [1.54, 1.807) is 0 Å². The van der Waals surface area contributed by atoms with E-state index >= 15 is 0 Å². The molecule has 0 spiro atoms. The zero-order valence-corrected chi connectivity index (χ0v) is 12.5. The molecule has 2 aromatic carbocycles. The fourth-order valence-electron chi connectivity index (χ4n) is 1.67. The van der Waals surface area contributed by atoms with Crippen molar-refractivity contribution >= 4 is 31.3 Å². The Morgan fingerprint density at radius 3 is 2.04 bits per heavy atom. The van der Waals surface area contributed by atoms with Crippen molar-refractivity contribution in [1.82, 2.24) is 0 Å². The Labute approximate surface area is 132 Å². The first kappa shape index (κ1) is 17.2. The maximum atomic E-state index is 13.4. The van der Waals surface area contributed by atoms with Gasteiger partial charge in [0.2, 0.25) is 0 Å². The van der Waals surface area contributed by atoms with Crippen LogP contribution < -0.4 is 5.32 Å². The zero-order valence-electron chi connectivity index (χ0n) is 10.9. The van der Waals surface area contributed by atoms with Gasteiger partial charge >= 0.3 is 0 Å². The molecule has 0 bridgehead atoms. The Kier molecular flexibility index (Phi) is 4.62. The molecule has 0 aliphatic rings. The first-order valence-corrected chi connectivity index (χ1v) is 8.10. The number of benzene rings is 2. The molecule has 0 unspecified atom stereocenters. The number of halogens is 5. The van der Waals surface area contributed by atoms with Crippen LogP contribution in [-0.2, 0) is 9.05 Å². The summed E-state index contributed by atoms with van der Waals surface area (Å²) < 4.78 is 74.6. The zero-order chi connectivity index (χ0) is 17.4. The van der Waals surface area contributed by atoms with E-state index in [0.29, 0.717) is 24.3 Å². The van der Waals surface area contributed by atoms with Crippen molar-refractivity contribution in [3.05, 3.63) is 59.2 Å². The van der Waals surface area contributed by atoms with E-state index in [1.165, 1.54) is 0 Å². The summed E-state index contributed by atoms with van der Waals surface area (Å²) in [5.41, 5.74) is -0.902. The summed E-state index contributed by atoms with van der Waals surface area (Å²) in [7, 11) is 0.769. The molecule has 10 heteroatoms. The lowest BCUT2D eigenvalue weighted by atomic mass is 10.2. The van der Waals surface area contributed by atoms with Crippen LogP contribution >= 0.6 is 10.7 Å². The van der Waals surface area contributed by atoms with Crippen molar-refractivity contribution < 1.29 is 30.8 Å². The fraction of sp³-hybridized carbons (Fsp3) is 0. The first-order chi connectivity index (χ1) is 10.6. The third kappa shape index (κ3) is 3.99. The van der Waals surface area contributed by atoms with Gasteiger partial charge in [-0.3, -0.25) is 4.79 Å². The minimum absolute atomic E-state index is 0.439. The highest BCUT2D eigenvalue weighted by Gasteiger charge is 2.17. The van der Waals surface area contributed by atoms with Crippen LogP contribution in [0.25, 0.3) is 0 Å². The molecule has 23 heavy (non-hydrogen) atoms. The van der Waals surface area contributed by atoms with Gasteiger partial charge in [-0.2, -0.15) is 0 Å². The summed E-state index contributed by atoms with van der Waals surface area (Å²) in [5.74, 6) is -6.93. The van der Waals surface area contributed by atoms with Gasteiger partial charge < -0.3 is 5.32 Å². The van der Waals surface area contributed by atoms with Crippen molar-refractivity contribution in [3.63, 3.8) is 0 Å². The van der Waals surface area contributed by atoms with Gasteiger partial charge in [0, 0.05) is 34.1 Å². The standard InChI is InChI=1S/C13H6ClF4NO3S/c14-23(21,22)9-2-6(1-7(15)3-9)13(20)19-8-4-10(16)12(18)11(17)5-8/h1-5H,(H,19,20). The first-order valence-electron chi connectivity index (χ1n) is 5.79. The highest BCUT2D eigenvalue weighted by molar-refractivity contribution is 8.13. The van der Waals surface area contributed by atoms with Crippen LogP contribution in [0.15, 0.2) is 35.2 Å². The predicted molar refractivity (Wildman–Crippen MR) is 73.7 cm³/mol. The van der Waals surface area contributed by atoms with E-state index in [2.05, 4.69) is 0 Å². The summed E-state index contributed by atoms with van der Waals surface area (Å²) in [6.07, 6.45) is 0. The molecule has 0 radical (unpaired) electrons. The second kappa shape index (κ2) is 6.17. The lowest BCUT2D eigenvalue weighted by Crippen LogP contribution is -2.13. The topological polar surface area (TPSA) is 63.2 Å². The van der Waals surface area contributed by atoms with Gasteiger partial charge in [-0.25, -0.2) is 26.0 Å². The Bertz CT molecular complexity index is 879. The van der Waals surface area contributed by atoms with Gasteiger partial charge in [0.25, 0.3) is 15.0 Å². The molecule has 0 atom stereocenters. The van der Waals surface area contributed by atoms with Gasteiger partial charge in [0.15, 0.2) is 17.5 Å². The van der Waals surface area contributed by atoms with E-state index in [9.17, 15) is 30.8 Å². The number of amides is 1. The molecule has 0 heterocycles. The molecule has 0 saturated carbocycles. The van der Waals surface area contributed by atoms with E-state index in [1.807, 2.05) is 5.32 Å². The second-order valence-corrected chi connectivity index (χ2v) is 6.89. The van der Waals surface area contributed by atoms with E-state index in [0.717, 1.165) is 6.07 Å². The Balaban J connectivity index is 2.37. The summed E-state index contributed by atoms with van der Waals surface area (Å²) in [4.78, 5) is 11.2. The Morgan fingerprint density at radius 2 is 1.52 bits per heavy atom. The smallest absolute Gasteiger partial charge is 0.261 e. The van der Waals surface area contributed by atoms with Crippen LogP contribution in [0, 0.1) is 23.3 Å². The second-order valence-electron chi connectivity index (χ2n) is 4.32. The number of hydrogen-bond donors (Lipinski definition) is 1. The van der Waals surface area contributed by atoms with Crippen LogP contribution in [0.1, 0.15) is 10.4 Å². The monoisotopic (exact) mass is 367 g/mol. The van der Waals surface area contributed by atoms with Crippen molar-refractivity contribution in [2.75, 3.05) is 5.32 Å². The number of nitrogens with one attached hydrogen (secondary N) is 1. The molecule has 122 valence electrons. The van der Waals surface area contributed by atoms with Gasteiger partial charge in [-0.1, -0.05) is 0 Å². The normalized spacial score (nSPS) is 11.3. The molecule has 0 aromatic heterocycles. The Hall–Kier alpha value is -2.13. The van der Waals surface area contributed by atoms with Crippen molar-refractivity contribution in [2.45, 2.75) is 4.90 Å². The molecule has 4 nitrogen and oxygen atoms in total. The van der Waals surface area contributed by atoms with Gasteiger partial charge in [0.05, 0.1) is 4.90 Å². The number of carbonyl (C=O) groups is 1. The number of hydrogen-bond acceptors (Lipinski definition) is 3. The van der Waals surface area contributed by atoms with Crippen LogP contribution in [-0.4, -0.2) is 14.3 Å². The van der Waals surface area contributed by atoms with Crippen LogP contribution in [0.2, 0.25) is 0 Å². The van der Waals surface area contributed by atoms with Gasteiger partial charge in [-0.05, 0) is 18.2 Å². The van der Waals surface area contributed by atoms with Gasteiger partial charge in [0.1, 0.15) is 5.82 Å². The average Bonchev–Trinajstić information content (AvgIpc) is 2.43. The highest BCUT2D eigenvalue weighted by Crippen LogP contribution is 2.21. The molecule has 0 aliphatic carbocycles. The third-order valence-corrected chi connectivity index (χ3v) is 3.99. The molecular formula is C13H6ClF4NO3S. The largest absolute Gasteiger partial charge is 0.322 e. The molecule has 2 rings (SSSR count). The van der Waals surface area contributed by atoms with E-state index in [4.69, 9.17) is 10.7 Å². The summed E-state index contributed by atoms with van der Waals surface area (Å²) >= 11 is 0. The maximum Gasteiger partial charge on any atom is 0.261 e. The SMILES string of the molecule is O=C(Nc1cc(F)c(F)c(F)c1)c1cc(F)cc(S(=O)(=O)Cl)c1. The number of carbonyl (C=O) groups excluding carboxylic acids is 1. The molecular weight excluding hydrogens is 362 g/mol. The lowest BCUT2D eigenvalue weighted by molar-refractivity contribution is 0.102. The summed E-state index contributed by atoms with van der Waals surface area (Å²) in [6, 6.07) is 3.08. The van der Waals surface area contributed by atoms with E-state index < -0.39 is 54.4 Å². The minimum atomic E-state index is -4.29. The summed E-state index contributed by atoms with van der Waals surface area (Å²) in [5, 5.41) is 1.98. The third-order valence-electron chi connectivity index (χ3n) is 2.66. The average molecular weight is 368 g/mol. The quantitative estimate of drug-likeness (QED) is 0.513. The molecule has 1 amide bonds. The minimum Gasteiger partial charge on any atom is -0.322 e. The predicted octanol–water partition coefficient (Wildman–Crippen LogP) is 3.42. The van der Waals surface area contributed by atoms with Crippen LogP contribution in [0.4, 0.5) is 23.2 Å². The fourth-order valence-corrected chi connectivity index (χ4v) is 2.45.